The summed E-state index contributed by atoms with van der Waals surface area (Å²) in [4.78, 5) is 14.8. The summed E-state index contributed by atoms with van der Waals surface area (Å²) in [6.45, 7) is 3.37. The van der Waals surface area contributed by atoms with Crippen molar-refractivity contribution in [2.75, 3.05) is 13.7 Å². The predicted molar refractivity (Wildman–Crippen MR) is 96.6 cm³/mol. The lowest BCUT2D eigenvalue weighted by Gasteiger charge is -2.37. The molecule has 1 aliphatic rings. The quantitative estimate of drug-likeness (QED) is 0.905. The van der Waals surface area contributed by atoms with Crippen molar-refractivity contribution in [3.63, 3.8) is 0 Å². The molecule has 2 heterocycles. The van der Waals surface area contributed by atoms with Gasteiger partial charge in [-0.3, -0.25) is 9.48 Å². The van der Waals surface area contributed by atoms with E-state index in [0.717, 1.165) is 37.1 Å². The number of carbonyl (C=O) groups is 1. The molecule has 134 valence electrons. The van der Waals surface area contributed by atoms with Gasteiger partial charge in [-0.15, -0.1) is 0 Å². The molecular weight excluding hydrogens is 316 g/mol. The lowest BCUT2D eigenvalue weighted by Crippen LogP contribution is -2.51. The average molecular weight is 342 g/mol. The maximum Gasteiger partial charge on any atom is 0.257 e. The van der Waals surface area contributed by atoms with Gasteiger partial charge in [-0.1, -0.05) is 12.1 Å². The molecule has 1 amide bonds. The molecule has 1 aromatic heterocycles. The summed E-state index contributed by atoms with van der Waals surface area (Å²) < 4.78 is 6.96. The summed E-state index contributed by atoms with van der Waals surface area (Å²) in [6.07, 6.45) is 6.61. The number of carbonyl (C=O) groups excluding carboxylic acids is 1. The first-order valence-electron chi connectivity index (χ1n) is 8.80. The zero-order valence-electron chi connectivity index (χ0n) is 14.9. The second-order valence-corrected chi connectivity index (χ2v) is 6.70. The van der Waals surface area contributed by atoms with Crippen LogP contribution in [0.25, 0.3) is 0 Å². The van der Waals surface area contributed by atoms with Crippen LogP contribution in [0.3, 0.4) is 0 Å². The third-order valence-corrected chi connectivity index (χ3v) is 4.80. The molecule has 25 heavy (non-hydrogen) atoms. The largest absolute Gasteiger partial charge is 0.497 e. The van der Waals surface area contributed by atoms with Gasteiger partial charge in [0.2, 0.25) is 0 Å². The first kappa shape index (κ1) is 17.5. The lowest BCUT2D eigenvalue weighted by atomic mass is 9.96. The molecule has 0 aliphatic carbocycles. The Morgan fingerprint density at radius 3 is 2.80 bits per heavy atom. The van der Waals surface area contributed by atoms with Crippen molar-refractivity contribution in [1.82, 2.24) is 14.7 Å². The molecule has 1 aliphatic heterocycles. The molecule has 0 radical (unpaired) electrons. The summed E-state index contributed by atoms with van der Waals surface area (Å²) >= 11 is 0. The van der Waals surface area contributed by atoms with E-state index in [9.17, 15) is 4.79 Å². The van der Waals surface area contributed by atoms with Gasteiger partial charge in [0.05, 0.1) is 25.4 Å². The van der Waals surface area contributed by atoms with E-state index in [-0.39, 0.29) is 18.0 Å². The van der Waals surface area contributed by atoms with Crippen LogP contribution in [0.1, 0.15) is 42.1 Å². The van der Waals surface area contributed by atoms with Gasteiger partial charge in [0.25, 0.3) is 5.91 Å². The molecule has 0 bridgehead atoms. The summed E-state index contributed by atoms with van der Waals surface area (Å²) in [6, 6.07) is 7.94. The Bertz CT molecular complexity index is 708. The molecule has 0 saturated carbocycles. The highest BCUT2D eigenvalue weighted by Gasteiger charge is 2.30. The first-order valence-corrected chi connectivity index (χ1v) is 8.80. The Balaban J connectivity index is 1.70. The van der Waals surface area contributed by atoms with Gasteiger partial charge in [0.15, 0.2) is 0 Å². The summed E-state index contributed by atoms with van der Waals surface area (Å²) in [5.74, 6) is 0.857. The number of likely N-dealkylation sites (tertiary alicyclic amines) is 1. The van der Waals surface area contributed by atoms with Crippen molar-refractivity contribution in [3.8, 4) is 5.75 Å². The van der Waals surface area contributed by atoms with E-state index >= 15 is 0 Å². The molecule has 2 N–H and O–H groups in total. The van der Waals surface area contributed by atoms with Crippen LogP contribution in [0.15, 0.2) is 36.7 Å². The fourth-order valence-electron chi connectivity index (χ4n) is 3.40. The standard InChI is InChI=1S/C19H26N4O2/c1-14(20)18-5-3-4-10-23(18)19(24)16-11-21-22(13-16)12-15-6-8-17(25-2)9-7-15/h6-9,11,13-14,18H,3-5,10,12,20H2,1-2H3. The zero-order chi connectivity index (χ0) is 17.8. The third kappa shape index (κ3) is 4.02. The van der Waals surface area contributed by atoms with Crippen LogP contribution in [-0.2, 0) is 6.54 Å². The molecule has 6 heteroatoms. The minimum Gasteiger partial charge on any atom is -0.497 e. The Hall–Kier alpha value is -2.34. The van der Waals surface area contributed by atoms with E-state index in [1.807, 2.05) is 42.3 Å². The maximum absolute atomic E-state index is 12.9. The molecule has 6 nitrogen and oxygen atoms in total. The number of hydrogen-bond donors (Lipinski definition) is 1. The Morgan fingerprint density at radius 1 is 1.36 bits per heavy atom. The number of nitrogens with zero attached hydrogens (tertiary/aromatic N) is 3. The summed E-state index contributed by atoms with van der Waals surface area (Å²) in [7, 11) is 1.65. The number of methoxy groups -OCH3 is 1. The second-order valence-electron chi connectivity index (χ2n) is 6.70. The molecule has 3 rings (SSSR count). The molecule has 2 aromatic rings. The Morgan fingerprint density at radius 2 is 2.12 bits per heavy atom. The Kier molecular flexibility index (Phi) is 5.38. The van der Waals surface area contributed by atoms with Crippen molar-refractivity contribution in [2.45, 2.75) is 44.8 Å². The number of aromatic nitrogens is 2. The number of piperidine rings is 1. The Labute approximate surface area is 148 Å². The van der Waals surface area contributed by atoms with Gasteiger partial charge in [-0.25, -0.2) is 0 Å². The topological polar surface area (TPSA) is 73.4 Å². The summed E-state index contributed by atoms with van der Waals surface area (Å²) in [5.41, 5.74) is 7.81. The molecule has 1 aromatic carbocycles. The van der Waals surface area contributed by atoms with Gasteiger partial charge in [0.1, 0.15) is 5.75 Å². The highest BCUT2D eigenvalue weighted by molar-refractivity contribution is 5.94. The fourth-order valence-corrected chi connectivity index (χ4v) is 3.40. The summed E-state index contributed by atoms with van der Waals surface area (Å²) in [5, 5.41) is 4.35. The van der Waals surface area contributed by atoms with Crippen molar-refractivity contribution < 1.29 is 9.53 Å². The van der Waals surface area contributed by atoms with Crippen LogP contribution in [0.4, 0.5) is 0 Å². The van der Waals surface area contributed by atoms with Crippen LogP contribution in [0.2, 0.25) is 0 Å². The van der Waals surface area contributed by atoms with Gasteiger partial charge in [-0.2, -0.15) is 5.10 Å². The number of nitrogens with two attached hydrogens (primary N) is 1. The molecule has 2 unspecified atom stereocenters. The van der Waals surface area contributed by atoms with Gasteiger partial charge >= 0.3 is 0 Å². The van der Waals surface area contributed by atoms with E-state index in [1.165, 1.54) is 0 Å². The maximum atomic E-state index is 12.9. The fraction of sp³-hybridized carbons (Fsp3) is 0.474. The van der Waals surface area contributed by atoms with Gasteiger partial charge in [0, 0.05) is 24.8 Å². The minimum absolute atomic E-state index is 0.0152. The molecular formula is C19H26N4O2. The predicted octanol–water partition coefficient (Wildman–Crippen LogP) is 2.28. The van der Waals surface area contributed by atoms with E-state index in [2.05, 4.69) is 5.10 Å². The first-order chi connectivity index (χ1) is 12.1. The number of amides is 1. The number of benzene rings is 1. The van der Waals surface area contributed by atoms with Crippen LogP contribution in [0.5, 0.6) is 5.75 Å². The van der Waals surface area contributed by atoms with Gasteiger partial charge in [-0.05, 0) is 43.9 Å². The number of hydrogen-bond acceptors (Lipinski definition) is 4. The van der Waals surface area contributed by atoms with Crippen molar-refractivity contribution in [3.05, 3.63) is 47.8 Å². The second kappa shape index (κ2) is 7.70. The van der Waals surface area contributed by atoms with Crippen LogP contribution in [-0.4, -0.2) is 46.3 Å². The van der Waals surface area contributed by atoms with Crippen LogP contribution < -0.4 is 10.5 Å². The molecule has 0 spiro atoms. The van der Waals surface area contributed by atoms with Crippen molar-refractivity contribution in [1.29, 1.82) is 0 Å². The highest BCUT2D eigenvalue weighted by Crippen LogP contribution is 2.21. The van der Waals surface area contributed by atoms with E-state index in [1.54, 1.807) is 18.0 Å². The van der Waals surface area contributed by atoms with Crippen LogP contribution >= 0.6 is 0 Å². The van der Waals surface area contributed by atoms with Crippen molar-refractivity contribution in [2.24, 2.45) is 5.73 Å². The molecule has 2 atom stereocenters. The number of rotatable bonds is 5. The van der Waals surface area contributed by atoms with E-state index in [4.69, 9.17) is 10.5 Å². The molecule has 1 saturated heterocycles. The lowest BCUT2D eigenvalue weighted by molar-refractivity contribution is 0.0583. The van der Waals surface area contributed by atoms with E-state index < -0.39 is 0 Å². The monoisotopic (exact) mass is 342 g/mol. The minimum atomic E-state index is -0.0152. The van der Waals surface area contributed by atoms with Crippen LogP contribution in [0, 0.1) is 0 Å². The van der Waals surface area contributed by atoms with Crippen molar-refractivity contribution >= 4 is 5.91 Å². The zero-order valence-corrected chi connectivity index (χ0v) is 14.9. The smallest absolute Gasteiger partial charge is 0.257 e. The SMILES string of the molecule is COc1ccc(Cn2cc(C(=O)N3CCCCC3C(C)N)cn2)cc1. The molecule has 1 fully saturated rings. The number of ether oxygens (including phenoxy) is 1. The highest BCUT2D eigenvalue weighted by atomic mass is 16.5. The van der Waals surface area contributed by atoms with E-state index in [0.29, 0.717) is 12.1 Å². The average Bonchev–Trinajstić information content (AvgIpc) is 3.10. The normalized spacial score (nSPS) is 18.8. The third-order valence-electron chi connectivity index (χ3n) is 4.80. The van der Waals surface area contributed by atoms with Gasteiger partial charge < -0.3 is 15.4 Å².